The summed E-state index contributed by atoms with van der Waals surface area (Å²) in [5.74, 6) is 2.53. The minimum absolute atomic E-state index is 0.396. The zero-order chi connectivity index (χ0) is 11.5. The molecule has 1 aromatic heterocycles. The van der Waals surface area contributed by atoms with Gasteiger partial charge in [-0.3, -0.25) is 0 Å². The Bertz CT molecular complexity index is 365. The van der Waals surface area contributed by atoms with Crippen molar-refractivity contribution in [3.63, 3.8) is 0 Å². The summed E-state index contributed by atoms with van der Waals surface area (Å²) < 4.78 is 5.24. The van der Waals surface area contributed by atoms with Crippen LogP contribution in [0.1, 0.15) is 19.3 Å². The maximum Gasteiger partial charge on any atom is 0.204 e. The second-order valence-electron chi connectivity index (χ2n) is 4.29. The summed E-state index contributed by atoms with van der Waals surface area (Å²) in [5, 5.41) is 0. The van der Waals surface area contributed by atoms with Crippen LogP contribution in [0.15, 0.2) is 6.33 Å². The summed E-state index contributed by atoms with van der Waals surface area (Å²) in [4.78, 5) is 10.3. The van der Waals surface area contributed by atoms with Crippen molar-refractivity contribution >= 4 is 11.6 Å². The molecule has 0 saturated heterocycles. The van der Waals surface area contributed by atoms with Crippen molar-refractivity contribution in [2.24, 2.45) is 5.92 Å². The molecule has 1 saturated carbocycles. The normalized spacial score (nSPS) is 15.6. The van der Waals surface area contributed by atoms with E-state index < -0.39 is 0 Å². The standard InChI is InChI=1S/C11H18N4O/c1-15(6-8-4-3-5-8)11-9(16-2)10(12)13-7-14-11/h7-8H,3-6H2,1-2H3,(H2,12,13,14). The Morgan fingerprint density at radius 3 is 2.81 bits per heavy atom. The predicted molar refractivity (Wildman–Crippen MR) is 63.6 cm³/mol. The first-order valence-corrected chi connectivity index (χ1v) is 5.58. The van der Waals surface area contributed by atoms with Crippen molar-refractivity contribution in [3.05, 3.63) is 6.33 Å². The third-order valence-corrected chi connectivity index (χ3v) is 3.14. The van der Waals surface area contributed by atoms with Gasteiger partial charge < -0.3 is 15.4 Å². The number of anilines is 2. The molecular formula is C11H18N4O. The van der Waals surface area contributed by atoms with Gasteiger partial charge in [0.1, 0.15) is 6.33 Å². The van der Waals surface area contributed by atoms with E-state index >= 15 is 0 Å². The molecule has 88 valence electrons. The fourth-order valence-corrected chi connectivity index (χ4v) is 1.99. The number of hydrogen-bond acceptors (Lipinski definition) is 5. The summed E-state index contributed by atoms with van der Waals surface area (Å²) >= 11 is 0. The zero-order valence-corrected chi connectivity index (χ0v) is 9.81. The molecule has 5 nitrogen and oxygen atoms in total. The monoisotopic (exact) mass is 222 g/mol. The van der Waals surface area contributed by atoms with Crippen LogP contribution in [0.2, 0.25) is 0 Å². The molecule has 1 aliphatic carbocycles. The van der Waals surface area contributed by atoms with E-state index in [0.29, 0.717) is 11.6 Å². The number of methoxy groups -OCH3 is 1. The molecule has 2 N–H and O–H groups in total. The molecule has 0 atom stereocenters. The van der Waals surface area contributed by atoms with Gasteiger partial charge in [0.2, 0.25) is 5.75 Å². The average Bonchev–Trinajstić information content (AvgIpc) is 2.22. The molecule has 0 aliphatic heterocycles. The smallest absolute Gasteiger partial charge is 0.204 e. The number of nitrogens with two attached hydrogens (primary N) is 1. The SMILES string of the molecule is COc1c(N)ncnc1N(C)CC1CCC1. The number of nitrogens with zero attached hydrogens (tertiary/aromatic N) is 3. The highest BCUT2D eigenvalue weighted by Crippen LogP contribution is 2.32. The minimum Gasteiger partial charge on any atom is -0.490 e. The van der Waals surface area contributed by atoms with Gasteiger partial charge in [0.05, 0.1) is 7.11 Å². The number of rotatable bonds is 4. The molecule has 1 heterocycles. The van der Waals surface area contributed by atoms with Crippen LogP contribution in [0, 0.1) is 5.92 Å². The lowest BCUT2D eigenvalue weighted by Gasteiger charge is -2.31. The van der Waals surface area contributed by atoms with Gasteiger partial charge in [-0.05, 0) is 18.8 Å². The Morgan fingerprint density at radius 1 is 1.50 bits per heavy atom. The van der Waals surface area contributed by atoms with Gasteiger partial charge in [-0.25, -0.2) is 9.97 Å². The van der Waals surface area contributed by atoms with Crippen molar-refractivity contribution in [2.75, 3.05) is 31.3 Å². The number of hydrogen-bond donors (Lipinski definition) is 1. The van der Waals surface area contributed by atoms with Crippen LogP contribution >= 0.6 is 0 Å². The van der Waals surface area contributed by atoms with Crippen molar-refractivity contribution in [2.45, 2.75) is 19.3 Å². The van der Waals surface area contributed by atoms with Gasteiger partial charge in [0.25, 0.3) is 0 Å². The van der Waals surface area contributed by atoms with Crippen molar-refractivity contribution in [3.8, 4) is 5.75 Å². The van der Waals surface area contributed by atoms with E-state index in [1.54, 1.807) is 7.11 Å². The van der Waals surface area contributed by atoms with Gasteiger partial charge in [-0.1, -0.05) is 6.42 Å². The summed E-state index contributed by atoms with van der Waals surface area (Å²) in [6.45, 7) is 1.01. The lowest BCUT2D eigenvalue weighted by molar-refractivity contribution is 0.319. The molecule has 2 rings (SSSR count). The van der Waals surface area contributed by atoms with E-state index in [4.69, 9.17) is 10.5 Å². The van der Waals surface area contributed by atoms with E-state index in [1.165, 1.54) is 25.6 Å². The van der Waals surface area contributed by atoms with Crippen LogP contribution in [0.4, 0.5) is 11.6 Å². The van der Waals surface area contributed by atoms with Gasteiger partial charge >= 0.3 is 0 Å². The lowest BCUT2D eigenvalue weighted by Crippen LogP contribution is -2.30. The van der Waals surface area contributed by atoms with E-state index in [9.17, 15) is 0 Å². The molecule has 0 spiro atoms. The van der Waals surface area contributed by atoms with E-state index in [2.05, 4.69) is 14.9 Å². The summed E-state index contributed by atoms with van der Waals surface area (Å²) in [7, 11) is 3.61. The van der Waals surface area contributed by atoms with E-state index in [-0.39, 0.29) is 0 Å². The third-order valence-electron chi connectivity index (χ3n) is 3.14. The van der Waals surface area contributed by atoms with Crippen molar-refractivity contribution in [1.29, 1.82) is 0 Å². The zero-order valence-electron chi connectivity index (χ0n) is 9.81. The second-order valence-corrected chi connectivity index (χ2v) is 4.29. The van der Waals surface area contributed by atoms with Crippen molar-refractivity contribution < 1.29 is 4.74 Å². The van der Waals surface area contributed by atoms with Crippen LogP contribution in [-0.4, -0.2) is 30.7 Å². The van der Waals surface area contributed by atoms with Gasteiger partial charge in [-0.2, -0.15) is 0 Å². The highest BCUT2D eigenvalue weighted by atomic mass is 16.5. The predicted octanol–water partition coefficient (Wildman–Crippen LogP) is 1.30. The number of ether oxygens (including phenoxy) is 1. The van der Waals surface area contributed by atoms with Crippen LogP contribution < -0.4 is 15.4 Å². The Morgan fingerprint density at radius 2 is 2.25 bits per heavy atom. The van der Waals surface area contributed by atoms with Crippen molar-refractivity contribution in [1.82, 2.24) is 9.97 Å². The maximum atomic E-state index is 5.74. The molecule has 0 amide bonds. The fourth-order valence-electron chi connectivity index (χ4n) is 1.99. The quantitative estimate of drug-likeness (QED) is 0.832. The fraction of sp³-hybridized carbons (Fsp3) is 0.636. The molecule has 0 radical (unpaired) electrons. The molecule has 0 bridgehead atoms. The molecule has 16 heavy (non-hydrogen) atoms. The van der Waals surface area contributed by atoms with Crippen LogP contribution in [0.3, 0.4) is 0 Å². The first-order chi connectivity index (χ1) is 7.72. The molecule has 1 aromatic rings. The van der Waals surface area contributed by atoms with Crippen LogP contribution in [-0.2, 0) is 0 Å². The Kier molecular flexibility index (Phi) is 3.12. The Labute approximate surface area is 95.6 Å². The summed E-state index contributed by atoms with van der Waals surface area (Å²) in [5.41, 5.74) is 5.74. The molecule has 0 aromatic carbocycles. The van der Waals surface area contributed by atoms with Gasteiger partial charge in [0.15, 0.2) is 11.6 Å². The number of nitrogen functional groups attached to an aromatic ring is 1. The van der Waals surface area contributed by atoms with E-state index in [1.807, 2.05) is 7.05 Å². The van der Waals surface area contributed by atoms with E-state index in [0.717, 1.165) is 18.3 Å². The molecule has 1 aliphatic rings. The summed E-state index contributed by atoms with van der Waals surface area (Å²) in [6.07, 6.45) is 5.45. The summed E-state index contributed by atoms with van der Waals surface area (Å²) in [6, 6.07) is 0. The molecule has 5 heteroatoms. The molecule has 0 unspecified atom stereocenters. The maximum absolute atomic E-state index is 5.74. The number of aromatic nitrogens is 2. The highest BCUT2D eigenvalue weighted by Gasteiger charge is 2.22. The molecular weight excluding hydrogens is 204 g/mol. The van der Waals surface area contributed by atoms with Crippen LogP contribution in [0.5, 0.6) is 5.75 Å². The average molecular weight is 222 g/mol. The topological polar surface area (TPSA) is 64.3 Å². The molecule has 1 fully saturated rings. The van der Waals surface area contributed by atoms with Gasteiger partial charge in [-0.15, -0.1) is 0 Å². The second kappa shape index (κ2) is 4.55. The Balaban J connectivity index is 2.14. The highest BCUT2D eigenvalue weighted by molar-refractivity contribution is 5.62. The van der Waals surface area contributed by atoms with Gasteiger partial charge in [0, 0.05) is 13.6 Å². The minimum atomic E-state index is 0.396. The Hall–Kier alpha value is -1.52. The largest absolute Gasteiger partial charge is 0.490 e. The van der Waals surface area contributed by atoms with Crippen LogP contribution in [0.25, 0.3) is 0 Å². The first kappa shape index (κ1) is 11.0. The first-order valence-electron chi connectivity index (χ1n) is 5.58. The third kappa shape index (κ3) is 2.03. The lowest BCUT2D eigenvalue weighted by atomic mass is 9.85.